The highest BCUT2D eigenvalue weighted by Crippen LogP contribution is 2.09. The van der Waals surface area contributed by atoms with E-state index < -0.39 is 0 Å². The number of carbonyl (C=O) groups excluding carboxylic acids is 1. The number of hydrogen-bond acceptors (Lipinski definition) is 3. The zero-order valence-corrected chi connectivity index (χ0v) is 14.0. The smallest absolute Gasteiger partial charge is 0.337 e. The third-order valence-electron chi connectivity index (χ3n) is 3.16. The molecule has 0 aromatic heterocycles. The van der Waals surface area contributed by atoms with Crippen molar-refractivity contribution in [2.75, 3.05) is 13.2 Å². The second kappa shape index (κ2) is 8.62. The van der Waals surface area contributed by atoms with E-state index in [2.05, 4.69) is 37.5 Å². The fourth-order valence-electron chi connectivity index (χ4n) is 1.85. The molecule has 0 aliphatic carbocycles. The van der Waals surface area contributed by atoms with E-state index in [1.54, 1.807) is 0 Å². The molecule has 0 saturated heterocycles. The van der Waals surface area contributed by atoms with Crippen LogP contribution in [-0.2, 0) is 9.53 Å². The molecule has 0 fully saturated rings. The van der Waals surface area contributed by atoms with Gasteiger partial charge in [0.1, 0.15) is 6.61 Å². The third kappa shape index (κ3) is 6.58. The van der Waals surface area contributed by atoms with Crippen LogP contribution in [0, 0.1) is 0 Å². The fraction of sp³-hybridized carbons (Fsp3) is 0.500. The molecule has 0 aromatic rings. The van der Waals surface area contributed by atoms with Gasteiger partial charge in [-0.3, -0.25) is 0 Å². The molecule has 0 radical (unpaired) electrons. The number of thiocarbonyl (C=S) groups is 1. The van der Waals surface area contributed by atoms with Crippen molar-refractivity contribution in [1.82, 2.24) is 10.6 Å². The summed E-state index contributed by atoms with van der Waals surface area (Å²) in [6, 6.07) is 0. The summed E-state index contributed by atoms with van der Waals surface area (Å²) >= 11 is 4.98. The van der Waals surface area contributed by atoms with Crippen LogP contribution in [0.3, 0.4) is 0 Å². The van der Waals surface area contributed by atoms with E-state index in [4.69, 9.17) is 17.0 Å². The molecule has 1 heterocycles. The summed E-state index contributed by atoms with van der Waals surface area (Å²) < 4.78 is 5.27. The highest BCUT2D eigenvalue weighted by Gasteiger charge is 2.19. The van der Waals surface area contributed by atoms with E-state index in [-0.39, 0.29) is 5.97 Å². The molecular weight excluding hydrogens is 284 g/mol. The quantitative estimate of drug-likeness (QED) is 0.449. The molecule has 116 valence electrons. The predicted molar refractivity (Wildman–Crippen MR) is 89.8 cm³/mol. The van der Waals surface area contributed by atoms with Gasteiger partial charge < -0.3 is 15.4 Å². The van der Waals surface area contributed by atoms with Crippen molar-refractivity contribution in [2.24, 2.45) is 0 Å². The number of rotatable bonds is 6. The Bertz CT molecular complexity index is 500. The lowest BCUT2D eigenvalue weighted by Gasteiger charge is -2.20. The van der Waals surface area contributed by atoms with Crippen molar-refractivity contribution < 1.29 is 9.53 Å². The molecule has 0 bridgehead atoms. The number of esters is 1. The van der Waals surface area contributed by atoms with Crippen LogP contribution >= 0.6 is 12.2 Å². The van der Waals surface area contributed by atoms with Crippen LogP contribution in [0.15, 0.2) is 34.6 Å². The Morgan fingerprint density at radius 2 is 2.05 bits per heavy atom. The van der Waals surface area contributed by atoms with E-state index in [9.17, 15) is 4.79 Å². The molecule has 4 nitrogen and oxygen atoms in total. The normalized spacial score (nSPS) is 15.2. The first-order chi connectivity index (χ1) is 9.90. The van der Waals surface area contributed by atoms with Gasteiger partial charge in [-0.25, -0.2) is 4.79 Å². The SMILES string of the molecule is CC(C)=CCCC(C)=CCOC(=O)C1=C(C)NC(=S)NC1. The van der Waals surface area contributed by atoms with Crippen molar-refractivity contribution in [2.45, 2.75) is 40.5 Å². The molecule has 1 aliphatic heterocycles. The Kier molecular flexibility index (Phi) is 7.15. The average Bonchev–Trinajstić information content (AvgIpc) is 2.37. The van der Waals surface area contributed by atoms with Crippen LogP contribution < -0.4 is 10.6 Å². The standard InChI is InChI=1S/C16H24N2O2S/c1-11(2)6-5-7-12(3)8-9-20-15(19)14-10-17-16(21)18-13(14)4/h6,8H,5,7,9-10H2,1-4H3,(H2,17,18,21). The van der Waals surface area contributed by atoms with Gasteiger partial charge in [0.05, 0.1) is 12.1 Å². The van der Waals surface area contributed by atoms with Crippen molar-refractivity contribution in [3.8, 4) is 0 Å². The minimum atomic E-state index is -0.302. The zero-order chi connectivity index (χ0) is 15.8. The van der Waals surface area contributed by atoms with Crippen molar-refractivity contribution >= 4 is 23.3 Å². The topological polar surface area (TPSA) is 50.4 Å². The van der Waals surface area contributed by atoms with Gasteiger partial charge in [0, 0.05) is 5.70 Å². The predicted octanol–water partition coefficient (Wildman–Crippen LogP) is 2.97. The second-order valence-corrected chi connectivity index (χ2v) is 5.79. The lowest BCUT2D eigenvalue weighted by Crippen LogP contribution is -2.42. The van der Waals surface area contributed by atoms with Gasteiger partial charge in [0.25, 0.3) is 0 Å². The van der Waals surface area contributed by atoms with Gasteiger partial charge in [0.15, 0.2) is 5.11 Å². The summed E-state index contributed by atoms with van der Waals surface area (Å²) in [5.41, 5.74) is 3.91. The largest absolute Gasteiger partial charge is 0.458 e. The molecule has 0 aromatic carbocycles. The summed E-state index contributed by atoms with van der Waals surface area (Å²) in [6.07, 6.45) is 6.18. The molecule has 0 saturated carbocycles. The van der Waals surface area contributed by atoms with E-state index in [1.165, 1.54) is 11.1 Å². The Morgan fingerprint density at radius 3 is 2.67 bits per heavy atom. The van der Waals surface area contributed by atoms with Gasteiger partial charge in [-0.1, -0.05) is 17.2 Å². The summed E-state index contributed by atoms with van der Waals surface area (Å²) in [5.74, 6) is -0.302. The van der Waals surface area contributed by atoms with Crippen molar-refractivity contribution in [1.29, 1.82) is 0 Å². The molecule has 5 heteroatoms. The van der Waals surface area contributed by atoms with Crippen LogP contribution in [-0.4, -0.2) is 24.2 Å². The minimum absolute atomic E-state index is 0.302. The van der Waals surface area contributed by atoms with E-state index in [1.807, 2.05) is 13.0 Å². The Balaban J connectivity index is 2.41. The van der Waals surface area contributed by atoms with Crippen LogP contribution in [0.5, 0.6) is 0 Å². The van der Waals surface area contributed by atoms with E-state index in [0.717, 1.165) is 18.5 Å². The molecular formula is C16H24N2O2S. The van der Waals surface area contributed by atoms with Gasteiger partial charge >= 0.3 is 5.97 Å². The van der Waals surface area contributed by atoms with Gasteiger partial charge in [-0.15, -0.1) is 0 Å². The van der Waals surface area contributed by atoms with Gasteiger partial charge in [0.2, 0.25) is 0 Å². The molecule has 0 spiro atoms. The molecule has 0 amide bonds. The molecule has 1 aliphatic rings. The first-order valence-corrected chi connectivity index (χ1v) is 7.51. The Morgan fingerprint density at radius 1 is 1.33 bits per heavy atom. The average molecular weight is 308 g/mol. The monoisotopic (exact) mass is 308 g/mol. The fourth-order valence-corrected chi connectivity index (χ4v) is 2.08. The molecule has 21 heavy (non-hydrogen) atoms. The van der Waals surface area contributed by atoms with Gasteiger partial charge in [-0.05, 0) is 58.8 Å². The highest BCUT2D eigenvalue weighted by molar-refractivity contribution is 7.80. The first kappa shape index (κ1) is 17.4. The maximum Gasteiger partial charge on any atom is 0.337 e. The van der Waals surface area contributed by atoms with Crippen molar-refractivity contribution in [3.63, 3.8) is 0 Å². The van der Waals surface area contributed by atoms with E-state index in [0.29, 0.717) is 23.8 Å². The Labute approximate surface area is 132 Å². The summed E-state index contributed by atoms with van der Waals surface area (Å²) in [7, 11) is 0. The van der Waals surface area contributed by atoms with Crippen LogP contribution in [0.25, 0.3) is 0 Å². The van der Waals surface area contributed by atoms with Gasteiger partial charge in [-0.2, -0.15) is 0 Å². The summed E-state index contributed by atoms with van der Waals surface area (Å²) in [4.78, 5) is 12.0. The zero-order valence-electron chi connectivity index (χ0n) is 13.2. The second-order valence-electron chi connectivity index (χ2n) is 5.38. The molecule has 1 rings (SSSR count). The van der Waals surface area contributed by atoms with Crippen LogP contribution in [0.2, 0.25) is 0 Å². The molecule has 2 N–H and O–H groups in total. The Hall–Kier alpha value is -1.62. The molecule has 0 unspecified atom stereocenters. The summed E-state index contributed by atoms with van der Waals surface area (Å²) in [6.45, 7) is 8.79. The number of nitrogens with one attached hydrogen (secondary N) is 2. The maximum atomic E-state index is 12.0. The molecule has 0 atom stereocenters. The van der Waals surface area contributed by atoms with Crippen LogP contribution in [0.4, 0.5) is 0 Å². The highest BCUT2D eigenvalue weighted by atomic mass is 32.1. The van der Waals surface area contributed by atoms with Crippen LogP contribution in [0.1, 0.15) is 40.5 Å². The number of hydrogen-bond donors (Lipinski definition) is 2. The number of ether oxygens (including phenoxy) is 1. The number of carbonyl (C=O) groups is 1. The lowest BCUT2D eigenvalue weighted by atomic mass is 10.1. The third-order valence-corrected chi connectivity index (χ3v) is 3.41. The van der Waals surface area contributed by atoms with E-state index >= 15 is 0 Å². The minimum Gasteiger partial charge on any atom is -0.458 e. The summed E-state index contributed by atoms with van der Waals surface area (Å²) in [5, 5.41) is 6.39. The van der Waals surface area contributed by atoms with Crippen molar-refractivity contribution in [3.05, 3.63) is 34.6 Å². The lowest BCUT2D eigenvalue weighted by molar-refractivity contribution is -0.138. The number of allylic oxidation sites excluding steroid dienone is 4. The first-order valence-electron chi connectivity index (χ1n) is 7.11. The maximum absolute atomic E-state index is 12.0.